The highest BCUT2D eigenvalue weighted by Gasteiger charge is 2.22. The number of rotatable bonds is 1. The maximum absolute atomic E-state index is 6.11. The predicted octanol–water partition coefficient (Wildman–Crippen LogP) is 3.65. The second-order valence-electron chi connectivity index (χ2n) is 5.64. The summed E-state index contributed by atoms with van der Waals surface area (Å²) in [7, 11) is 0. The molecule has 0 radical (unpaired) electrons. The first-order valence-corrected chi connectivity index (χ1v) is 7.20. The summed E-state index contributed by atoms with van der Waals surface area (Å²) in [6.45, 7) is 3.79. The lowest BCUT2D eigenvalue weighted by molar-refractivity contribution is 0.884. The Morgan fingerprint density at radius 3 is 2.71 bits per heavy atom. The summed E-state index contributed by atoms with van der Waals surface area (Å²) >= 11 is 0. The van der Waals surface area contributed by atoms with Crippen molar-refractivity contribution in [1.29, 1.82) is 0 Å². The lowest BCUT2D eigenvalue weighted by Gasteiger charge is -2.19. The van der Waals surface area contributed by atoms with Crippen LogP contribution in [0.3, 0.4) is 0 Å². The van der Waals surface area contributed by atoms with Gasteiger partial charge in [0, 0.05) is 29.9 Å². The highest BCUT2D eigenvalue weighted by molar-refractivity contribution is 5.91. The fourth-order valence-corrected chi connectivity index (χ4v) is 3.10. The lowest BCUT2D eigenvalue weighted by atomic mass is 10.1. The largest absolute Gasteiger partial charge is 0.398 e. The third-order valence-corrected chi connectivity index (χ3v) is 4.20. The van der Waals surface area contributed by atoms with Crippen LogP contribution >= 0.6 is 0 Å². The monoisotopic (exact) mass is 275 g/mol. The third kappa shape index (κ3) is 1.93. The Balaban J connectivity index is 1.83. The van der Waals surface area contributed by atoms with Crippen molar-refractivity contribution < 1.29 is 0 Å². The van der Waals surface area contributed by atoms with E-state index in [1.54, 1.807) is 0 Å². The highest BCUT2D eigenvalue weighted by atomic mass is 15.2. The Kier molecular flexibility index (Phi) is 2.61. The summed E-state index contributed by atoms with van der Waals surface area (Å²) in [5, 5.41) is 1.18. The smallest absolute Gasteiger partial charge is 0.0938 e. The molecule has 0 unspecified atom stereocenters. The van der Waals surface area contributed by atoms with Gasteiger partial charge in [-0.1, -0.05) is 30.3 Å². The van der Waals surface area contributed by atoms with Crippen LogP contribution in [-0.2, 0) is 13.1 Å². The summed E-state index contributed by atoms with van der Waals surface area (Å²) < 4.78 is 0. The molecule has 4 rings (SSSR count). The average molecular weight is 275 g/mol. The molecule has 3 heteroatoms. The zero-order valence-corrected chi connectivity index (χ0v) is 12.0. The first kappa shape index (κ1) is 12.2. The van der Waals surface area contributed by atoms with Gasteiger partial charge in [-0.05, 0) is 36.2 Å². The van der Waals surface area contributed by atoms with Crippen molar-refractivity contribution in [2.24, 2.45) is 0 Å². The minimum Gasteiger partial charge on any atom is -0.398 e. The summed E-state index contributed by atoms with van der Waals surface area (Å²) in [5.41, 5.74) is 12.9. The molecular formula is C18H17N3. The second kappa shape index (κ2) is 4.48. The van der Waals surface area contributed by atoms with Crippen molar-refractivity contribution in [3.05, 3.63) is 65.4 Å². The molecule has 1 aliphatic rings. The number of nitrogen functional groups attached to an aromatic ring is 1. The second-order valence-corrected chi connectivity index (χ2v) is 5.64. The van der Waals surface area contributed by atoms with E-state index in [4.69, 9.17) is 10.7 Å². The van der Waals surface area contributed by atoms with Gasteiger partial charge in [-0.25, -0.2) is 0 Å². The van der Waals surface area contributed by atoms with Gasteiger partial charge < -0.3 is 10.6 Å². The molecule has 0 bridgehead atoms. The summed E-state index contributed by atoms with van der Waals surface area (Å²) in [6.07, 6.45) is 0. The van der Waals surface area contributed by atoms with Gasteiger partial charge in [0.1, 0.15) is 0 Å². The Bertz CT molecular complexity index is 839. The number of aromatic nitrogens is 1. The van der Waals surface area contributed by atoms with Crippen LogP contribution < -0.4 is 10.6 Å². The summed E-state index contributed by atoms with van der Waals surface area (Å²) in [5.74, 6) is 0. The van der Waals surface area contributed by atoms with Gasteiger partial charge in [-0.15, -0.1) is 0 Å². The van der Waals surface area contributed by atoms with Gasteiger partial charge in [-0.3, -0.25) is 4.98 Å². The number of nitrogens with two attached hydrogens (primary N) is 1. The number of aryl methyl sites for hydroxylation is 1. The molecule has 0 saturated heterocycles. The highest BCUT2D eigenvalue weighted by Crippen LogP contribution is 2.34. The molecule has 104 valence electrons. The number of hydrogen-bond donors (Lipinski definition) is 1. The molecule has 0 spiro atoms. The average Bonchev–Trinajstić information content (AvgIpc) is 2.92. The van der Waals surface area contributed by atoms with Gasteiger partial charge in [0.2, 0.25) is 0 Å². The van der Waals surface area contributed by atoms with Crippen molar-refractivity contribution in [1.82, 2.24) is 4.98 Å². The van der Waals surface area contributed by atoms with Crippen LogP contribution in [0, 0.1) is 6.92 Å². The molecule has 0 fully saturated rings. The molecule has 0 saturated carbocycles. The molecule has 1 aliphatic heterocycles. The topological polar surface area (TPSA) is 42.1 Å². The van der Waals surface area contributed by atoms with Crippen LogP contribution in [0.2, 0.25) is 0 Å². The van der Waals surface area contributed by atoms with E-state index in [-0.39, 0.29) is 0 Å². The molecule has 2 aromatic carbocycles. The fraction of sp³-hybridized carbons (Fsp3) is 0.167. The quantitative estimate of drug-likeness (QED) is 0.689. The third-order valence-electron chi connectivity index (χ3n) is 4.20. The maximum atomic E-state index is 6.11. The molecule has 0 atom stereocenters. The van der Waals surface area contributed by atoms with Crippen molar-refractivity contribution in [2.45, 2.75) is 20.0 Å². The van der Waals surface area contributed by atoms with Gasteiger partial charge in [0.25, 0.3) is 0 Å². The number of anilines is 2. The molecular weight excluding hydrogens is 258 g/mol. The van der Waals surface area contributed by atoms with E-state index in [1.165, 1.54) is 22.2 Å². The van der Waals surface area contributed by atoms with Gasteiger partial charge in [0.05, 0.1) is 11.2 Å². The number of fused-ring (bicyclic) bond motifs is 2. The zero-order chi connectivity index (χ0) is 14.4. The van der Waals surface area contributed by atoms with Gasteiger partial charge in [-0.2, -0.15) is 0 Å². The van der Waals surface area contributed by atoms with E-state index in [9.17, 15) is 0 Å². The molecule has 0 amide bonds. The minimum absolute atomic E-state index is 0.858. The molecule has 1 aromatic heterocycles. The van der Waals surface area contributed by atoms with E-state index in [1.807, 2.05) is 19.1 Å². The Morgan fingerprint density at radius 1 is 1.00 bits per heavy atom. The Morgan fingerprint density at radius 2 is 1.86 bits per heavy atom. The van der Waals surface area contributed by atoms with Crippen LogP contribution in [0.1, 0.15) is 16.8 Å². The SMILES string of the molecule is Cc1ccc2cccc(N3Cc4cccc(N)c4C3)c2n1. The van der Waals surface area contributed by atoms with Crippen molar-refractivity contribution >= 4 is 22.3 Å². The van der Waals surface area contributed by atoms with E-state index < -0.39 is 0 Å². The molecule has 21 heavy (non-hydrogen) atoms. The summed E-state index contributed by atoms with van der Waals surface area (Å²) in [6, 6.07) is 16.7. The van der Waals surface area contributed by atoms with Crippen LogP contribution in [-0.4, -0.2) is 4.98 Å². The number of para-hydroxylation sites is 1. The van der Waals surface area contributed by atoms with E-state index in [0.717, 1.165) is 30.0 Å². The number of benzene rings is 2. The maximum Gasteiger partial charge on any atom is 0.0938 e. The Labute approximate surface area is 124 Å². The molecule has 2 N–H and O–H groups in total. The minimum atomic E-state index is 0.858. The normalized spacial score (nSPS) is 13.7. The lowest BCUT2D eigenvalue weighted by Crippen LogP contribution is -2.15. The predicted molar refractivity (Wildman–Crippen MR) is 87.2 cm³/mol. The van der Waals surface area contributed by atoms with E-state index in [2.05, 4.69) is 41.3 Å². The number of pyridine rings is 1. The van der Waals surface area contributed by atoms with Crippen LogP contribution in [0.5, 0.6) is 0 Å². The molecule has 3 aromatic rings. The molecule has 0 aliphatic carbocycles. The van der Waals surface area contributed by atoms with Crippen LogP contribution in [0.4, 0.5) is 11.4 Å². The Hall–Kier alpha value is -2.55. The van der Waals surface area contributed by atoms with Crippen LogP contribution in [0.15, 0.2) is 48.5 Å². The molecule has 3 nitrogen and oxygen atoms in total. The summed E-state index contributed by atoms with van der Waals surface area (Å²) in [4.78, 5) is 7.09. The van der Waals surface area contributed by atoms with E-state index in [0.29, 0.717) is 0 Å². The van der Waals surface area contributed by atoms with Crippen LogP contribution in [0.25, 0.3) is 10.9 Å². The van der Waals surface area contributed by atoms with Gasteiger partial charge >= 0.3 is 0 Å². The standard InChI is InChI=1S/C18H17N3/c1-12-8-9-13-4-3-7-17(18(13)20-12)21-10-14-5-2-6-16(19)15(14)11-21/h2-9H,10-11,19H2,1H3. The first-order valence-electron chi connectivity index (χ1n) is 7.20. The number of nitrogens with zero attached hydrogens (tertiary/aromatic N) is 2. The van der Waals surface area contributed by atoms with Crippen molar-refractivity contribution in [2.75, 3.05) is 10.6 Å². The first-order chi connectivity index (χ1) is 10.2. The number of hydrogen-bond acceptors (Lipinski definition) is 3. The molecule has 2 heterocycles. The van der Waals surface area contributed by atoms with Gasteiger partial charge in [0.15, 0.2) is 0 Å². The van der Waals surface area contributed by atoms with Crippen molar-refractivity contribution in [3.8, 4) is 0 Å². The van der Waals surface area contributed by atoms with E-state index >= 15 is 0 Å². The van der Waals surface area contributed by atoms with Crippen molar-refractivity contribution in [3.63, 3.8) is 0 Å². The zero-order valence-electron chi connectivity index (χ0n) is 12.0. The fourth-order valence-electron chi connectivity index (χ4n) is 3.10.